The molecule has 0 atom stereocenters. The number of benzene rings is 3. The Morgan fingerprint density at radius 2 is 0.373 bits per heavy atom. The minimum absolute atomic E-state index is 0. The number of thioether (sulfide) groups is 12. The van der Waals surface area contributed by atoms with Crippen LogP contribution < -0.4 is 29.6 Å². The molecule has 0 amide bonds. The summed E-state index contributed by atoms with van der Waals surface area (Å²) in [6.45, 7) is -4.43. The maximum atomic E-state index is 14.2. The molecule has 0 fully saturated rings. The molecule has 15 N–H and O–H groups in total. The van der Waals surface area contributed by atoms with E-state index in [4.69, 9.17) is 0 Å². The number of aliphatic hydroxyl groups is 12. The van der Waals surface area contributed by atoms with Gasteiger partial charge in [-0.1, -0.05) is 22.6 Å². The minimum Gasteiger partial charge on any atom is -0.478 e. The Bertz CT molecular complexity index is 2470. The molecule has 31 heteroatoms. The summed E-state index contributed by atoms with van der Waals surface area (Å²) in [5, 5.41) is 165. The zero-order valence-corrected chi connectivity index (χ0v) is 56.6. The van der Waals surface area contributed by atoms with Crippen LogP contribution in [-0.2, 0) is 0 Å². The van der Waals surface area contributed by atoms with E-state index >= 15 is 0 Å². The summed E-state index contributed by atoms with van der Waals surface area (Å²) in [6.07, 6.45) is 0.772. The van der Waals surface area contributed by atoms with Crippen LogP contribution >= 0.6 is 141 Å². The van der Waals surface area contributed by atoms with E-state index in [9.17, 15) is 91.0 Å². The summed E-state index contributed by atoms with van der Waals surface area (Å²) < 4.78 is -6.61. The van der Waals surface area contributed by atoms with E-state index in [1.165, 1.54) is 141 Å². The van der Waals surface area contributed by atoms with E-state index in [0.29, 0.717) is 52.0 Å². The summed E-state index contributed by atoms with van der Waals surface area (Å²) >= 11 is 14.6. The van der Waals surface area contributed by atoms with Crippen molar-refractivity contribution in [1.82, 2.24) is 0 Å². The van der Waals surface area contributed by atoms with Crippen LogP contribution in [0.15, 0.2) is 58.7 Å². The smallest absolute Gasteiger partial charge is 0.478 e. The van der Waals surface area contributed by atoms with Gasteiger partial charge in [-0.25, -0.2) is 14.4 Å². The summed E-state index contributed by atoms with van der Waals surface area (Å²) in [5.41, 5.74) is 0.921. The molecule has 0 saturated heterocycles. The van der Waals surface area contributed by atoms with Crippen molar-refractivity contribution in [2.45, 2.75) is 160 Å². The zero-order chi connectivity index (χ0) is 59.2. The van der Waals surface area contributed by atoms with Gasteiger partial charge >= 0.3 is 47.5 Å². The number of aliphatic hydroxyl groups excluding tert-OH is 12. The summed E-state index contributed by atoms with van der Waals surface area (Å²) in [6, 6.07) is 0. The molecular formula is C52H63NaO18S12. The van der Waals surface area contributed by atoms with Gasteiger partial charge in [0.05, 0.1) is 41.2 Å². The van der Waals surface area contributed by atoms with Crippen LogP contribution in [0.25, 0.3) is 0 Å². The van der Waals surface area contributed by atoms with Gasteiger partial charge < -0.3 is 76.6 Å². The molecule has 6 aliphatic rings. The standard InChI is InChI=1S/C52H63O18S12.Na/c53-13-1-47(2-14-54)71-32-26(33-39(29(44(65)66)38(32)77-47)78-48(72-33,3-15-55)4-16-56)25(27-34-40(79-49(73-34,5-17-57)6-18-58)30(45(67)68)41-35(27)74-50(80-41,7-19-59)8-20-60)28-36-42(81-51(75-36,9-21-61)10-22-62)31(46(69)70)43-37(28)76-52(82-43,11-23-63)12-24-64;/h53-64H,1-24H2,(H,65,66)(H,67,68)(H,69,70);/q-1;+1. The molecule has 452 valence electrons. The molecule has 6 aliphatic heterocycles. The molecule has 9 rings (SSSR count). The van der Waals surface area contributed by atoms with Crippen LogP contribution in [0.3, 0.4) is 0 Å². The summed E-state index contributed by atoms with van der Waals surface area (Å²) in [5.74, 6) is -3.56. The topological polar surface area (TPSA) is 355 Å². The third kappa shape index (κ3) is 12.8. The number of hydrogen-bond donors (Lipinski definition) is 15. The van der Waals surface area contributed by atoms with E-state index in [1.54, 1.807) is 0 Å². The number of rotatable bonds is 30. The van der Waals surface area contributed by atoms with Crippen molar-refractivity contribution in [3.63, 3.8) is 0 Å². The van der Waals surface area contributed by atoms with Crippen molar-refractivity contribution in [3.8, 4) is 0 Å². The second-order valence-electron chi connectivity index (χ2n) is 19.9. The molecule has 0 spiro atoms. The summed E-state index contributed by atoms with van der Waals surface area (Å²) in [7, 11) is 0. The Hall–Kier alpha value is 0.660. The fraction of sp³-hybridized carbons (Fsp3) is 0.577. The second kappa shape index (κ2) is 28.7. The monoisotopic (exact) mass is 1380 g/mol. The zero-order valence-electron chi connectivity index (χ0n) is 44.8. The van der Waals surface area contributed by atoms with Crippen molar-refractivity contribution in [2.24, 2.45) is 0 Å². The number of aromatic carboxylic acids is 3. The van der Waals surface area contributed by atoms with E-state index in [2.05, 4.69) is 0 Å². The van der Waals surface area contributed by atoms with Gasteiger partial charge in [0, 0.05) is 109 Å². The SMILES string of the molecule is O=C(O)c1c2c(c([C-](c3c4c(c(C(=O)O)c5c3SC(CCO)(CCO)S5)SC(CCO)(CCO)S4)c3c4c(c(C(=O)O)c5c3SC(CCO)(CCO)S5)SC(CCO)(CCO)S4)c3c1SC(CCO)(CCO)S3)SC(CCO)(CCO)S2.[Na+]. The first-order valence-electron chi connectivity index (χ1n) is 26.2. The molecule has 83 heavy (non-hydrogen) atoms. The number of carboxylic acids is 3. The maximum absolute atomic E-state index is 14.2. The number of hydrogen-bond acceptors (Lipinski definition) is 27. The van der Waals surface area contributed by atoms with Gasteiger partial charge in [0.25, 0.3) is 0 Å². The number of carboxylic acid groups (broad SMARTS) is 3. The second-order valence-corrected chi connectivity index (χ2v) is 38.1. The van der Waals surface area contributed by atoms with Crippen LogP contribution in [0.1, 0.15) is 125 Å². The van der Waals surface area contributed by atoms with Crippen molar-refractivity contribution in [3.05, 3.63) is 39.3 Å². The molecule has 0 aliphatic carbocycles. The first kappa shape index (κ1) is 69.5. The molecule has 6 heterocycles. The van der Waals surface area contributed by atoms with Gasteiger partial charge in [0.1, 0.15) is 0 Å². The van der Waals surface area contributed by atoms with Crippen molar-refractivity contribution in [2.75, 3.05) is 79.3 Å². The number of fused-ring (bicyclic) bond motifs is 6. The Morgan fingerprint density at radius 3 is 0.482 bits per heavy atom. The van der Waals surface area contributed by atoms with Gasteiger partial charge in [-0.2, -0.15) is 0 Å². The van der Waals surface area contributed by atoms with Gasteiger partial charge in [0.2, 0.25) is 0 Å². The molecular weight excluding hydrogens is 1320 g/mol. The molecule has 0 aromatic heterocycles. The fourth-order valence-electron chi connectivity index (χ4n) is 11.2. The molecule has 3 aromatic rings. The Kier molecular flexibility index (Phi) is 24.0. The van der Waals surface area contributed by atoms with E-state index in [0.717, 1.165) is 0 Å². The van der Waals surface area contributed by atoms with E-state index in [-0.39, 0.29) is 232 Å². The molecule has 0 radical (unpaired) electrons. The Labute approximate surface area is 552 Å². The average molecular weight is 1380 g/mol. The van der Waals surface area contributed by atoms with Crippen LogP contribution in [-0.4, -0.2) is 198 Å². The largest absolute Gasteiger partial charge is 1.00 e. The molecule has 18 nitrogen and oxygen atoms in total. The molecule has 0 unspecified atom stereocenters. The minimum atomic E-state index is -1.31. The van der Waals surface area contributed by atoms with E-state index < -0.39 is 42.4 Å². The normalized spacial score (nSPS) is 19.2. The van der Waals surface area contributed by atoms with Crippen LogP contribution in [0, 0.1) is 5.92 Å². The predicted octanol–water partition coefficient (Wildman–Crippen LogP) is 4.76. The summed E-state index contributed by atoms with van der Waals surface area (Å²) in [4.78, 5) is 46.7. The quantitative estimate of drug-likeness (QED) is 0.0243. The first-order chi connectivity index (χ1) is 39.3. The van der Waals surface area contributed by atoms with Gasteiger partial charge in [-0.3, -0.25) is 0 Å². The average Bonchev–Trinajstić information content (AvgIpc) is 1.66. The van der Waals surface area contributed by atoms with Gasteiger partial charge in [-0.15, -0.1) is 141 Å². The molecule has 0 bridgehead atoms. The Morgan fingerprint density at radius 1 is 0.253 bits per heavy atom. The van der Waals surface area contributed by atoms with Crippen molar-refractivity contribution >= 4 is 159 Å². The third-order valence-electron chi connectivity index (χ3n) is 14.7. The van der Waals surface area contributed by atoms with Crippen LogP contribution in [0.2, 0.25) is 0 Å². The fourth-order valence-corrected chi connectivity index (χ4v) is 32.1. The number of carbonyl (C=O) groups is 3. The third-order valence-corrected chi connectivity index (χ3v) is 35.2. The van der Waals surface area contributed by atoms with Gasteiger partial charge in [-0.05, 0) is 106 Å². The molecule has 3 aromatic carbocycles. The molecule has 0 saturated carbocycles. The van der Waals surface area contributed by atoms with Crippen LogP contribution in [0.4, 0.5) is 0 Å². The van der Waals surface area contributed by atoms with Crippen LogP contribution in [0.5, 0.6) is 0 Å². The maximum Gasteiger partial charge on any atom is 1.00 e. The van der Waals surface area contributed by atoms with Gasteiger partial charge in [0.15, 0.2) is 0 Å². The first-order valence-corrected chi connectivity index (χ1v) is 36.0. The van der Waals surface area contributed by atoms with Crippen molar-refractivity contribution < 1.29 is 121 Å². The Balaban J connectivity index is 0.00000900. The predicted molar refractivity (Wildman–Crippen MR) is 328 cm³/mol. The van der Waals surface area contributed by atoms with E-state index in [1.807, 2.05) is 0 Å². The van der Waals surface area contributed by atoms with Crippen molar-refractivity contribution in [1.29, 1.82) is 0 Å².